The predicted molar refractivity (Wildman–Crippen MR) is 62.6 cm³/mol. The number of nitrogens with zero attached hydrogens (tertiary/aromatic N) is 3. The Labute approximate surface area is 98.9 Å². The van der Waals surface area contributed by atoms with E-state index >= 15 is 0 Å². The first-order valence-electron chi connectivity index (χ1n) is 4.89. The monoisotopic (exact) mass is 231 g/mol. The highest BCUT2D eigenvalue weighted by molar-refractivity contribution is 6.30. The topological polar surface area (TPSA) is 41.6 Å². The van der Waals surface area contributed by atoms with Crippen LogP contribution in [-0.2, 0) is 6.42 Å². The summed E-state index contributed by atoms with van der Waals surface area (Å²) < 4.78 is 1.74. The summed E-state index contributed by atoms with van der Waals surface area (Å²) in [5.41, 5.74) is 2.80. The van der Waals surface area contributed by atoms with Crippen molar-refractivity contribution in [2.45, 2.75) is 13.3 Å². The minimum Gasteiger partial charge on any atom is -0.240 e. The van der Waals surface area contributed by atoms with Gasteiger partial charge in [-0.05, 0) is 30.7 Å². The van der Waals surface area contributed by atoms with Gasteiger partial charge in [-0.15, -0.1) is 0 Å². The number of halogens is 1. The summed E-state index contributed by atoms with van der Waals surface area (Å²) in [7, 11) is 0. The molecule has 0 radical (unpaired) electrons. The van der Waals surface area contributed by atoms with Crippen molar-refractivity contribution < 1.29 is 0 Å². The Kier molecular flexibility index (Phi) is 2.93. The standard InChI is InChI=1S/C12H10ClN3/c1-9-2-3-10(13)8-12(9)16-7-5-11(15-16)4-6-14/h2-3,5,7-8H,4H2,1H3. The van der Waals surface area contributed by atoms with Crippen LogP contribution in [0.3, 0.4) is 0 Å². The molecule has 0 saturated heterocycles. The maximum Gasteiger partial charge on any atom is 0.0793 e. The van der Waals surface area contributed by atoms with E-state index in [1.165, 1.54) is 0 Å². The second-order valence-corrected chi connectivity index (χ2v) is 3.95. The third-order valence-electron chi connectivity index (χ3n) is 2.32. The molecule has 0 amide bonds. The summed E-state index contributed by atoms with van der Waals surface area (Å²) in [4.78, 5) is 0. The van der Waals surface area contributed by atoms with Crippen molar-refractivity contribution in [3.63, 3.8) is 0 Å². The molecule has 0 spiro atoms. The Morgan fingerprint density at radius 1 is 1.44 bits per heavy atom. The smallest absolute Gasteiger partial charge is 0.0793 e. The van der Waals surface area contributed by atoms with Crippen molar-refractivity contribution in [2.75, 3.05) is 0 Å². The van der Waals surface area contributed by atoms with Crippen molar-refractivity contribution in [3.8, 4) is 11.8 Å². The van der Waals surface area contributed by atoms with E-state index in [-0.39, 0.29) is 0 Å². The average Bonchev–Trinajstić information content (AvgIpc) is 2.71. The fraction of sp³-hybridized carbons (Fsp3) is 0.167. The Morgan fingerprint density at radius 3 is 3.00 bits per heavy atom. The van der Waals surface area contributed by atoms with Crippen LogP contribution in [0, 0.1) is 18.3 Å². The van der Waals surface area contributed by atoms with Crippen molar-refractivity contribution in [1.82, 2.24) is 9.78 Å². The maximum atomic E-state index is 8.58. The molecule has 1 aromatic heterocycles. The van der Waals surface area contributed by atoms with Crippen LogP contribution in [0.15, 0.2) is 30.5 Å². The summed E-state index contributed by atoms with van der Waals surface area (Å²) in [5.74, 6) is 0. The second-order valence-electron chi connectivity index (χ2n) is 3.52. The van der Waals surface area contributed by atoms with Crippen LogP contribution in [0.4, 0.5) is 0 Å². The van der Waals surface area contributed by atoms with Gasteiger partial charge in [0.2, 0.25) is 0 Å². The van der Waals surface area contributed by atoms with Gasteiger partial charge in [0, 0.05) is 11.2 Å². The number of benzene rings is 1. The largest absolute Gasteiger partial charge is 0.240 e. The molecule has 0 atom stereocenters. The van der Waals surface area contributed by atoms with Gasteiger partial charge in [-0.3, -0.25) is 0 Å². The molecule has 0 fully saturated rings. The van der Waals surface area contributed by atoms with Crippen LogP contribution in [0.5, 0.6) is 0 Å². The second kappa shape index (κ2) is 4.38. The third kappa shape index (κ3) is 2.07. The first-order valence-corrected chi connectivity index (χ1v) is 5.26. The zero-order valence-corrected chi connectivity index (χ0v) is 9.57. The van der Waals surface area contributed by atoms with Gasteiger partial charge in [0.05, 0.1) is 23.9 Å². The number of aryl methyl sites for hydroxylation is 1. The maximum absolute atomic E-state index is 8.58. The van der Waals surface area contributed by atoms with E-state index in [0.717, 1.165) is 16.9 Å². The normalized spacial score (nSPS) is 10.1. The van der Waals surface area contributed by atoms with E-state index in [1.807, 2.05) is 37.4 Å². The van der Waals surface area contributed by atoms with Gasteiger partial charge in [-0.1, -0.05) is 17.7 Å². The zero-order valence-electron chi connectivity index (χ0n) is 8.81. The molecule has 0 bridgehead atoms. The molecular formula is C12H10ClN3. The Balaban J connectivity index is 2.42. The molecule has 16 heavy (non-hydrogen) atoms. The van der Waals surface area contributed by atoms with Crippen molar-refractivity contribution in [3.05, 3.63) is 46.7 Å². The van der Waals surface area contributed by atoms with Gasteiger partial charge in [0.25, 0.3) is 0 Å². The Bertz CT molecular complexity index is 552. The average molecular weight is 232 g/mol. The summed E-state index contributed by atoms with van der Waals surface area (Å²) in [5, 5.41) is 13.6. The lowest BCUT2D eigenvalue weighted by Crippen LogP contribution is -1.98. The zero-order chi connectivity index (χ0) is 11.5. The molecule has 2 rings (SSSR count). The lowest BCUT2D eigenvalue weighted by Gasteiger charge is -2.05. The molecule has 0 aliphatic rings. The van der Waals surface area contributed by atoms with Crippen LogP contribution >= 0.6 is 11.6 Å². The van der Waals surface area contributed by atoms with Gasteiger partial charge >= 0.3 is 0 Å². The van der Waals surface area contributed by atoms with E-state index in [4.69, 9.17) is 16.9 Å². The fourth-order valence-corrected chi connectivity index (χ4v) is 1.67. The molecule has 2 aromatic rings. The van der Waals surface area contributed by atoms with E-state index in [1.54, 1.807) is 4.68 Å². The summed E-state index contributed by atoms with van der Waals surface area (Å²) in [6.07, 6.45) is 2.16. The quantitative estimate of drug-likeness (QED) is 0.798. The van der Waals surface area contributed by atoms with Crippen LogP contribution in [0.2, 0.25) is 5.02 Å². The van der Waals surface area contributed by atoms with Crippen LogP contribution in [-0.4, -0.2) is 9.78 Å². The van der Waals surface area contributed by atoms with Gasteiger partial charge in [0.15, 0.2) is 0 Å². The number of hydrogen-bond acceptors (Lipinski definition) is 2. The minimum absolute atomic E-state index is 0.326. The van der Waals surface area contributed by atoms with Gasteiger partial charge in [0.1, 0.15) is 0 Å². The highest BCUT2D eigenvalue weighted by Gasteiger charge is 2.04. The lowest BCUT2D eigenvalue weighted by atomic mass is 10.2. The highest BCUT2D eigenvalue weighted by atomic mass is 35.5. The molecule has 0 unspecified atom stereocenters. The fourth-order valence-electron chi connectivity index (χ4n) is 1.50. The van der Waals surface area contributed by atoms with Crippen molar-refractivity contribution >= 4 is 11.6 Å². The Morgan fingerprint density at radius 2 is 2.25 bits per heavy atom. The van der Waals surface area contributed by atoms with E-state index < -0.39 is 0 Å². The SMILES string of the molecule is Cc1ccc(Cl)cc1-n1ccc(CC#N)n1. The molecule has 1 aromatic carbocycles. The van der Waals surface area contributed by atoms with E-state index in [0.29, 0.717) is 11.4 Å². The molecule has 0 aliphatic heterocycles. The predicted octanol–water partition coefficient (Wildman–Crippen LogP) is 2.90. The third-order valence-corrected chi connectivity index (χ3v) is 2.56. The van der Waals surface area contributed by atoms with Crippen LogP contribution in [0.25, 0.3) is 5.69 Å². The lowest BCUT2D eigenvalue weighted by molar-refractivity contribution is 0.847. The molecule has 1 heterocycles. The minimum atomic E-state index is 0.326. The van der Waals surface area contributed by atoms with E-state index in [9.17, 15) is 0 Å². The number of aromatic nitrogens is 2. The summed E-state index contributed by atoms with van der Waals surface area (Å²) in [6.45, 7) is 2.00. The van der Waals surface area contributed by atoms with Crippen LogP contribution in [0.1, 0.15) is 11.3 Å². The van der Waals surface area contributed by atoms with Gasteiger partial charge < -0.3 is 0 Å². The first kappa shape index (κ1) is 10.7. The molecule has 0 N–H and O–H groups in total. The number of hydrogen-bond donors (Lipinski definition) is 0. The van der Waals surface area contributed by atoms with Crippen LogP contribution < -0.4 is 0 Å². The molecular weight excluding hydrogens is 222 g/mol. The molecule has 0 aliphatic carbocycles. The first-order chi connectivity index (χ1) is 7.70. The Hall–Kier alpha value is -1.79. The molecule has 3 nitrogen and oxygen atoms in total. The number of rotatable bonds is 2. The highest BCUT2D eigenvalue weighted by Crippen LogP contribution is 2.19. The van der Waals surface area contributed by atoms with Crippen molar-refractivity contribution in [1.29, 1.82) is 5.26 Å². The van der Waals surface area contributed by atoms with Gasteiger partial charge in [-0.2, -0.15) is 10.4 Å². The summed E-state index contributed by atoms with van der Waals surface area (Å²) >= 11 is 5.94. The molecule has 80 valence electrons. The molecule has 0 saturated carbocycles. The van der Waals surface area contributed by atoms with Crippen molar-refractivity contribution in [2.24, 2.45) is 0 Å². The van der Waals surface area contributed by atoms with E-state index in [2.05, 4.69) is 11.2 Å². The van der Waals surface area contributed by atoms with Gasteiger partial charge in [-0.25, -0.2) is 4.68 Å². The molecule has 4 heteroatoms. The summed E-state index contributed by atoms with van der Waals surface area (Å²) in [6, 6.07) is 9.57. The number of nitriles is 1.